The van der Waals surface area contributed by atoms with E-state index >= 15 is 0 Å². The molecule has 0 spiro atoms. The molecule has 2 aromatic heterocycles. The van der Waals surface area contributed by atoms with Gasteiger partial charge >= 0.3 is 5.20 Å². The van der Waals surface area contributed by atoms with Crippen LogP contribution < -0.4 is 5.73 Å². The predicted octanol–water partition coefficient (Wildman–Crippen LogP) is 0.831. The molecule has 5 N–H and O–H groups in total. The Kier molecular flexibility index (Phi) is 6.27. The van der Waals surface area contributed by atoms with Crippen molar-refractivity contribution in [3.8, 4) is 0 Å². The van der Waals surface area contributed by atoms with E-state index in [1.54, 1.807) is 0 Å². The highest BCUT2D eigenvalue weighted by molar-refractivity contribution is 8.24. The van der Waals surface area contributed by atoms with Crippen molar-refractivity contribution in [3.63, 3.8) is 0 Å². The first-order valence-electron chi connectivity index (χ1n) is 6.38. The summed E-state index contributed by atoms with van der Waals surface area (Å²) < 4.78 is 16.4. The van der Waals surface area contributed by atoms with E-state index in [1.165, 1.54) is 17.2 Å². The Bertz CT molecular complexity index is 749. The SMILES string of the molecule is Nc1ncnc2c1ncn2[C@@H]1O[C@H](CO)[C@@H](O)[C@H]1O.O=P(Cl)(Cl)Cl. The van der Waals surface area contributed by atoms with Crippen LogP contribution in [0, 0.1) is 0 Å². The molecule has 14 heteroatoms. The normalized spacial score (nSPS) is 27.1. The number of anilines is 1. The Morgan fingerprint density at radius 3 is 2.42 bits per heavy atom. The highest BCUT2D eigenvalue weighted by atomic mass is 36.0. The minimum atomic E-state index is -3.22. The number of imidazole rings is 1. The van der Waals surface area contributed by atoms with Crippen LogP contribution in [0.5, 0.6) is 0 Å². The topological polar surface area (TPSA) is 157 Å². The largest absolute Gasteiger partial charge is 0.394 e. The quantitative estimate of drug-likeness (QED) is 0.516. The molecule has 24 heavy (non-hydrogen) atoms. The monoisotopic (exact) mass is 419 g/mol. The Hall–Kier alpha value is -0.710. The standard InChI is InChI=1S/C10H13N5O4.Cl3OP/c11-8-5-9(13-2-12-8)15(3-14-5)10-7(18)6(17)4(1-16)19-10;1-5(2,3)4/h2-4,6-7,10,16-18H,1H2,(H2,11,12,13);/t4-,6-,7-,10-;/m1./s1. The van der Waals surface area contributed by atoms with Gasteiger partial charge in [-0.25, -0.2) is 15.0 Å². The van der Waals surface area contributed by atoms with E-state index in [-0.39, 0.29) is 5.82 Å². The second-order valence-electron chi connectivity index (χ2n) is 4.71. The summed E-state index contributed by atoms with van der Waals surface area (Å²) in [6.45, 7) is -0.390. The van der Waals surface area contributed by atoms with Crippen molar-refractivity contribution in [1.29, 1.82) is 0 Å². The summed E-state index contributed by atoms with van der Waals surface area (Å²) in [6, 6.07) is 0. The number of nitrogen functional groups attached to an aromatic ring is 1. The van der Waals surface area contributed by atoms with Gasteiger partial charge in [0.2, 0.25) is 0 Å². The molecule has 10 nitrogen and oxygen atoms in total. The first-order chi connectivity index (χ1) is 11.1. The number of nitrogens with two attached hydrogens (primary N) is 1. The molecule has 3 heterocycles. The number of ether oxygens (including phenoxy) is 1. The number of nitrogens with zero attached hydrogens (tertiary/aromatic N) is 4. The van der Waals surface area contributed by atoms with Gasteiger partial charge in [0, 0.05) is 0 Å². The molecule has 1 aliphatic heterocycles. The minimum Gasteiger partial charge on any atom is -0.394 e. The fourth-order valence-corrected chi connectivity index (χ4v) is 2.17. The Morgan fingerprint density at radius 1 is 1.25 bits per heavy atom. The molecule has 0 aromatic carbocycles. The second-order valence-corrected chi connectivity index (χ2v) is 11.3. The van der Waals surface area contributed by atoms with Gasteiger partial charge in [-0.3, -0.25) is 9.13 Å². The van der Waals surface area contributed by atoms with Crippen LogP contribution in [0.1, 0.15) is 6.23 Å². The van der Waals surface area contributed by atoms with Gasteiger partial charge in [0.05, 0.1) is 12.9 Å². The smallest absolute Gasteiger partial charge is 0.339 e. The molecule has 4 atom stereocenters. The zero-order valence-electron chi connectivity index (χ0n) is 11.8. The highest BCUT2D eigenvalue weighted by Crippen LogP contribution is 2.61. The molecule has 0 bridgehead atoms. The lowest BCUT2D eigenvalue weighted by Crippen LogP contribution is -2.33. The fraction of sp³-hybridized carbons (Fsp3) is 0.500. The Balaban J connectivity index is 0.000000368. The van der Waals surface area contributed by atoms with Crippen LogP contribution >= 0.6 is 38.9 Å². The zero-order valence-corrected chi connectivity index (χ0v) is 14.9. The summed E-state index contributed by atoms with van der Waals surface area (Å²) in [6.07, 6.45) is -1.42. The third-order valence-electron chi connectivity index (χ3n) is 3.18. The summed E-state index contributed by atoms with van der Waals surface area (Å²) in [7, 11) is 0. The molecule has 0 saturated carbocycles. The van der Waals surface area contributed by atoms with Crippen LogP contribution in [0.25, 0.3) is 11.2 Å². The van der Waals surface area contributed by atoms with Gasteiger partial charge in [0.15, 0.2) is 17.7 Å². The molecule has 0 radical (unpaired) electrons. The Labute approximate surface area is 149 Å². The van der Waals surface area contributed by atoms with E-state index in [2.05, 4.69) is 48.7 Å². The van der Waals surface area contributed by atoms with Crippen LogP contribution in [0.3, 0.4) is 0 Å². The molecular weight excluding hydrogens is 407 g/mol. The average molecular weight is 421 g/mol. The maximum atomic E-state index is 9.95. The highest BCUT2D eigenvalue weighted by Gasteiger charge is 2.43. The molecule has 1 fully saturated rings. The fourth-order valence-electron chi connectivity index (χ4n) is 2.17. The molecule has 1 saturated heterocycles. The number of aromatic nitrogens is 4. The van der Waals surface area contributed by atoms with Crippen LogP contribution in [0.4, 0.5) is 5.82 Å². The van der Waals surface area contributed by atoms with Gasteiger partial charge in [-0.2, -0.15) is 0 Å². The molecule has 2 aromatic rings. The number of aliphatic hydroxyl groups excluding tert-OH is 3. The molecule has 134 valence electrons. The lowest BCUT2D eigenvalue weighted by molar-refractivity contribution is -0.0511. The van der Waals surface area contributed by atoms with Crippen LogP contribution in [0.2, 0.25) is 0 Å². The van der Waals surface area contributed by atoms with Crippen molar-refractivity contribution in [2.75, 3.05) is 12.3 Å². The number of rotatable bonds is 2. The van der Waals surface area contributed by atoms with E-state index in [9.17, 15) is 14.8 Å². The maximum Gasteiger partial charge on any atom is 0.339 e. The zero-order chi connectivity index (χ0) is 18.1. The third kappa shape index (κ3) is 4.47. The summed E-state index contributed by atoms with van der Waals surface area (Å²) in [5, 5.41) is 25.5. The second kappa shape index (κ2) is 7.67. The van der Waals surface area contributed by atoms with Gasteiger partial charge in [-0.1, -0.05) is 0 Å². The predicted molar refractivity (Wildman–Crippen MR) is 87.9 cm³/mol. The summed E-state index contributed by atoms with van der Waals surface area (Å²) in [4.78, 5) is 11.9. The van der Waals surface area contributed by atoms with Crippen molar-refractivity contribution in [2.45, 2.75) is 24.5 Å². The van der Waals surface area contributed by atoms with Crippen molar-refractivity contribution < 1.29 is 24.6 Å². The van der Waals surface area contributed by atoms with Crippen LogP contribution in [-0.4, -0.2) is 59.8 Å². The van der Waals surface area contributed by atoms with Gasteiger partial charge in [-0.05, 0) is 33.7 Å². The van der Waals surface area contributed by atoms with Gasteiger partial charge in [-0.15, -0.1) is 0 Å². The van der Waals surface area contributed by atoms with Crippen LogP contribution in [0.15, 0.2) is 12.7 Å². The lowest BCUT2D eigenvalue weighted by atomic mass is 10.1. The summed E-state index contributed by atoms with van der Waals surface area (Å²) in [5.41, 5.74) is 6.44. The van der Waals surface area contributed by atoms with E-state index in [0.29, 0.717) is 11.2 Å². The van der Waals surface area contributed by atoms with Crippen molar-refractivity contribution in [2.24, 2.45) is 0 Å². The van der Waals surface area contributed by atoms with E-state index < -0.39 is 36.3 Å². The van der Waals surface area contributed by atoms with Crippen LogP contribution in [-0.2, 0) is 9.30 Å². The van der Waals surface area contributed by atoms with Gasteiger partial charge in [0.25, 0.3) is 0 Å². The number of aliphatic hydroxyl groups is 3. The molecule has 0 aliphatic carbocycles. The molecule has 1 aliphatic rings. The van der Waals surface area contributed by atoms with E-state index in [4.69, 9.17) is 15.6 Å². The molecule has 3 rings (SSSR count). The third-order valence-corrected chi connectivity index (χ3v) is 3.18. The van der Waals surface area contributed by atoms with Gasteiger partial charge < -0.3 is 25.8 Å². The minimum absolute atomic E-state index is 0.218. The van der Waals surface area contributed by atoms with Crippen molar-refractivity contribution >= 4 is 55.9 Å². The summed E-state index contributed by atoms with van der Waals surface area (Å²) >= 11 is 13.8. The van der Waals surface area contributed by atoms with Gasteiger partial charge in [0.1, 0.15) is 30.2 Å². The van der Waals surface area contributed by atoms with E-state index in [1.807, 2.05) is 0 Å². The number of halogens is 3. The maximum absolute atomic E-state index is 9.95. The summed E-state index contributed by atoms with van der Waals surface area (Å²) in [5.74, 6) is 0.218. The molecule has 0 unspecified atom stereocenters. The first-order valence-corrected chi connectivity index (χ1v) is 10.8. The van der Waals surface area contributed by atoms with E-state index in [0.717, 1.165) is 0 Å². The van der Waals surface area contributed by atoms with Crippen molar-refractivity contribution in [1.82, 2.24) is 19.5 Å². The lowest BCUT2D eigenvalue weighted by Gasteiger charge is -2.16. The average Bonchev–Trinajstić information content (AvgIpc) is 3.01. The Morgan fingerprint density at radius 2 is 1.88 bits per heavy atom. The van der Waals surface area contributed by atoms with Crippen molar-refractivity contribution in [3.05, 3.63) is 12.7 Å². The number of fused-ring (bicyclic) bond motifs is 1. The number of hydrogen-bond donors (Lipinski definition) is 4. The first kappa shape index (κ1) is 19.6. The molecule has 0 amide bonds. The number of hydrogen-bond acceptors (Lipinski definition) is 9. The molecular formula is C10H13Cl3N5O5P.